The van der Waals surface area contributed by atoms with E-state index in [1.54, 1.807) is 30.5 Å². The van der Waals surface area contributed by atoms with Crippen LogP contribution in [0.4, 0.5) is 11.4 Å². The zero-order valence-corrected chi connectivity index (χ0v) is 19.0. The van der Waals surface area contributed by atoms with E-state index < -0.39 is 10.0 Å². The maximum atomic E-state index is 12.9. The number of carbonyl (C=O) groups is 1. The zero-order valence-electron chi connectivity index (χ0n) is 18.2. The first-order valence-electron chi connectivity index (χ1n) is 10.8. The summed E-state index contributed by atoms with van der Waals surface area (Å²) in [6.07, 6.45) is 2.41. The molecule has 0 unspecified atom stereocenters. The summed E-state index contributed by atoms with van der Waals surface area (Å²) in [6, 6.07) is 22.5. The van der Waals surface area contributed by atoms with Crippen molar-refractivity contribution in [2.75, 3.05) is 21.9 Å². The van der Waals surface area contributed by atoms with Crippen molar-refractivity contribution in [3.8, 4) is 11.3 Å². The maximum absolute atomic E-state index is 12.9. The van der Waals surface area contributed by atoms with E-state index in [9.17, 15) is 13.2 Å². The number of pyridine rings is 1. The van der Waals surface area contributed by atoms with Gasteiger partial charge in [-0.1, -0.05) is 30.3 Å². The van der Waals surface area contributed by atoms with Gasteiger partial charge in [-0.2, -0.15) is 0 Å². The van der Waals surface area contributed by atoms with Crippen molar-refractivity contribution < 1.29 is 13.2 Å². The largest absolute Gasteiger partial charge is 0.322 e. The Morgan fingerprint density at radius 1 is 1.00 bits per heavy atom. The summed E-state index contributed by atoms with van der Waals surface area (Å²) in [7, 11) is -3.25. The number of nitrogens with one attached hydrogen (secondary N) is 1. The molecule has 1 aliphatic rings. The van der Waals surface area contributed by atoms with Gasteiger partial charge in [0.05, 0.1) is 17.1 Å². The van der Waals surface area contributed by atoms with Crippen LogP contribution in [0.15, 0.2) is 79.0 Å². The number of nitrogens with zero attached hydrogens (tertiary/aromatic N) is 2. The zero-order chi connectivity index (χ0) is 23.0. The topological polar surface area (TPSA) is 79.4 Å². The molecule has 0 atom stereocenters. The normalized spacial score (nSPS) is 15.0. The SMILES string of the molecule is Cc1ccc(NC(=O)c2ccc(N3CCCS3(=O)=O)cc2)cc1-c1nccc2ccccc12. The van der Waals surface area contributed by atoms with Crippen molar-refractivity contribution in [3.63, 3.8) is 0 Å². The fraction of sp³-hybridized carbons (Fsp3) is 0.154. The molecule has 0 saturated carbocycles. The van der Waals surface area contributed by atoms with Gasteiger partial charge in [-0.15, -0.1) is 0 Å². The highest BCUT2D eigenvalue weighted by Gasteiger charge is 2.28. The molecule has 0 aliphatic carbocycles. The van der Waals surface area contributed by atoms with Gasteiger partial charge in [0.1, 0.15) is 0 Å². The van der Waals surface area contributed by atoms with Crippen LogP contribution in [0, 0.1) is 6.92 Å². The molecule has 3 aromatic carbocycles. The summed E-state index contributed by atoms with van der Waals surface area (Å²) in [6.45, 7) is 2.50. The number of hydrogen-bond acceptors (Lipinski definition) is 4. The highest BCUT2D eigenvalue weighted by molar-refractivity contribution is 7.93. The van der Waals surface area contributed by atoms with Crippen LogP contribution < -0.4 is 9.62 Å². The van der Waals surface area contributed by atoms with Crippen LogP contribution in [0.5, 0.6) is 0 Å². The molecule has 33 heavy (non-hydrogen) atoms. The Kier molecular flexibility index (Phi) is 5.34. The molecule has 7 heteroatoms. The quantitative estimate of drug-likeness (QED) is 0.468. The first-order valence-corrected chi connectivity index (χ1v) is 12.4. The number of amides is 1. The molecule has 5 rings (SSSR count). The van der Waals surface area contributed by atoms with E-state index in [0.29, 0.717) is 29.9 Å². The number of aromatic nitrogens is 1. The van der Waals surface area contributed by atoms with Gasteiger partial charge in [0, 0.05) is 34.9 Å². The predicted octanol–water partition coefficient (Wildman–Crippen LogP) is 5.00. The molecule has 4 aromatic rings. The summed E-state index contributed by atoms with van der Waals surface area (Å²) >= 11 is 0. The number of aryl methyl sites for hydroxylation is 1. The number of sulfonamides is 1. The predicted molar refractivity (Wildman–Crippen MR) is 132 cm³/mol. The molecule has 0 radical (unpaired) electrons. The third-order valence-corrected chi connectivity index (χ3v) is 7.81. The molecule has 0 spiro atoms. The van der Waals surface area contributed by atoms with Crippen molar-refractivity contribution in [2.45, 2.75) is 13.3 Å². The molecule has 166 valence electrons. The fourth-order valence-corrected chi connectivity index (χ4v) is 5.77. The lowest BCUT2D eigenvalue weighted by Gasteiger charge is -2.17. The maximum Gasteiger partial charge on any atom is 0.255 e. The second kappa shape index (κ2) is 8.33. The minimum absolute atomic E-state index is 0.163. The van der Waals surface area contributed by atoms with Crippen LogP contribution in [-0.2, 0) is 10.0 Å². The third kappa shape index (κ3) is 4.07. The van der Waals surface area contributed by atoms with Crippen LogP contribution in [0.2, 0.25) is 0 Å². The standard InChI is InChI=1S/C26H23N3O3S/c1-18-7-10-21(17-24(18)25-23-6-3-2-5-19(23)13-14-27-25)28-26(30)20-8-11-22(12-9-20)29-15-4-16-33(29,31)32/h2-3,5-14,17H,4,15-16H2,1H3,(H,28,30). The molecular formula is C26H23N3O3S. The van der Waals surface area contributed by atoms with Gasteiger partial charge >= 0.3 is 0 Å². The van der Waals surface area contributed by atoms with Crippen LogP contribution in [0.25, 0.3) is 22.0 Å². The second-order valence-corrected chi connectivity index (χ2v) is 10.2. The summed E-state index contributed by atoms with van der Waals surface area (Å²) < 4.78 is 25.6. The molecule has 1 aliphatic heterocycles. The molecule has 1 aromatic heterocycles. The molecular weight excluding hydrogens is 434 g/mol. The Balaban J connectivity index is 1.40. The molecule has 0 bridgehead atoms. The smallest absolute Gasteiger partial charge is 0.255 e. The van der Waals surface area contributed by atoms with Crippen molar-refractivity contribution in [1.82, 2.24) is 4.98 Å². The Morgan fingerprint density at radius 3 is 2.55 bits per heavy atom. The van der Waals surface area contributed by atoms with E-state index in [1.165, 1.54) is 4.31 Å². The van der Waals surface area contributed by atoms with Gasteiger partial charge in [0.15, 0.2) is 0 Å². The van der Waals surface area contributed by atoms with Gasteiger partial charge in [0.2, 0.25) is 10.0 Å². The molecule has 2 heterocycles. The van der Waals surface area contributed by atoms with E-state index in [1.807, 2.05) is 49.4 Å². The third-order valence-electron chi connectivity index (χ3n) is 5.94. The van der Waals surface area contributed by atoms with Gasteiger partial charge < -0.3 is 5.32 Å². The van der Waals surface area contributed by atoms with Crippen molar-refractivity contribution in [1.29, 1.82) is 0 Å². The van der Waals surface area contributed by atoms with Crippen molar-refractivity contribution in [3.05, 3.63) is 90.1 Å². The van der Waals surface area contributed by atoms with E-state index in [4.69, 9.17) is 0 Å². The number of anilines is 2. The summed E-state index contributed by atoms with van der Waals surface area (Å²) in [5.41, 5.74) is 4.61. The fourth-order valence-electron chi connectivity index (χ4n) is 4.20. The summed E-state index contributed by atoms with van der Waals surface area (Å²) in [5.74, 6) is -0.0946. The lowest BCUT2D eigenvalue weighted by Crippen LogP contribution is -2.25. The summed E-state index contributed by atoms with van der Waals surface area (Å²) in [5, 5.41) is 5.11. The first-order chi connectivity index (χ1) is 15.9. The van der Waals surface area contributed by atoms with Crippen molar-refractivity contribution >= 4 is 38.1 Å². The average Bonchev–Trinajstić information content (AvgIpc) is 3.19. The second-order valence-electron chi connectivity index (χ2n) is 8.15. The van der Waals surface area contributed by atoms with E-state index in [0.717, 1.165) is 27.6 Å². The van der Waals surface area contributed by atoms with Crippen LogP contribution in [-0.4, -0.2) is 31.6 Å². The monoisotopic (exact) mass is 457 g/mol. The van der Waals surface area contributed by atoms with E-state index in [-0.39, 0.29) is 11.7 Å². The Hall–Kier alpha value is -3.71. The molecule has 1 amide bonds. The molecule has 6 nitrogen and oxygen atoms in total. The highest BCUT2D eigenvalue weighted by atomic mass is 32.2. The number of rotatable bonds is 4. The highest BCUT2D eigenvalue weighted by Crippen LogP contribution is 2.31. The number of benzene rings is 3. The van der Waals surface area contributed by atoms with Gasteiger partial charge in [0.25, 0.3) is 5.91 Å². The minimum Gasteiger partial charge on any atom is -0.322 e. The number of carbonyl (C=O) groups excluding carboxylic acids is 1. The number of hydrogen-bond donors (Lipinski definition) is 1. The molecule has 1 fully saturated rings. The summed E-state index contributed by atoms with van der Waals surface area (Å²) in [4.78, 5) is 17.5. The van der Waals surface area contributed by atoms with E-state index in [2.05, 4.69) is 16.4 Å². The van der Waals surface area contributed by atoms with Crippen molar-refractivity contribution in [2.24, 2.45) is 0 Å². The minimum atomic E-state index is -3.25. The van der Waals surface area contributed by atoms with Gasteiger partial charge in [-0.05, 0) is 66.8 Å². The number of fused-ring (bicyclic) bond motifs is 1. The first kappa shape index (κ1) is 21.2. The van der Waals surface area contributed by atoms with Gasteiger partial charge in [-0.25, -0.2) is 8.42 Å². The van der Waals surface area contributed by atoms with Crippen LogP contribution >= 0.6 is 0 Å². The molecule has 1 N–H and O–H groups in total. The Morgan fingerprint density at radius 2 is 1.79 bits per heavy atom. The van der Waals surface area contributed by atoms with Crippen LogP contribution in [0.1, 0.15) is 22.3 Å². The Bertz CT molecular complexity index is 1460. The lowest BCUT2D eigenvalue weighted by molar-refractivity contribution is 0.102. The lowest BCUT2D eigenvalue weighted by atomic mass is 9.99. The average molecular weight is 458 g/mol. The van der Waals surface area contributed by atoms with Crippen LogP contribution in [0.3, 0.4) is 0 Å². The van der Waals surface area contributed by atoms with E-state index >= 15 is 0 Å². The Labute approximate surface area is 192 Å². The molecule has 1 saturated heterocycles. The van der Waals surface area contributed by atoms with Gasteiger partial charge in [-0.3, -0.25) is 14.1 Å².